The molecule has 0 saturated carbocycles. The maximum Gasteiger partial charge on any atom is 0.403 e. The summed E-state index contributed by atoms with van der Waals surface area (Å²) in [6.45, 7) is 3.73. The Bertz CT molecular complexity index is 403. The lowest BCUT2D eigenvalue weighted by Crippen LogP contribution is -2.43. The number of rotatable bonds is 6. The van der Waals surface area contributed by atoms with Gasteiger partial charge in [0.2, 0.25) is 0 Å². The summed E-state index contributed by atoms with van der Waals surface area (Å²) in [6, 6.07) is 10.7. The first-order valence-corrected chi connectivity index (χ1v) is 8.48. The highest BCUT2D eigenvalue weighted by Gasteiger charge is 2.36. The Morgan fingerprint density at radius 1 is 1.39 bits per heavy atom. The predicted octanol–water partition coefficient (Wildman–Crippen LogP) is 2.73. The standard InChI is InChI=1S/C14H20O3Si/c1-3-8-14(15)17-18(16,11-4-2)12-13-9-6-5-7-10-13/h3,5-10,16H,4,11-12H2,1-2H3. The normalized spacial score (nSPS) is 14.4. The first-order valence-electron chi connectivity index (χ1n) is 6.21. The van der Waals surface area contributed by atoms with Crippen LogP contribution < -0.4 is 0 Å². The molecule has 0 spiro atoms. The van der Waals surface area contributed by atoms with Crippen LogP contribution >= 0.6 is 0 Å². The van der Waals surface area contributed by atoms with Crippen LogP contribution in [-0.2, 0) is 15.3 Å². The number of benzene rings is 1. The van der Waals surface area contributed by atoms with Crippen molar-refractivity contribution in [1.82, 2.24) is 0 Å². The molecule has 1 aromatic carbocycles. The lowest BCUT2D eigenvalue weighted by atomic mass is 10.2. The van der Waals surface area contributed by atoms with E-state index in [0.29, 0.717) is 12.1 Å². The topological polar surface area (TPSA) is 46.5 Å². The molecule has 0 amide bonds. The second-order valence-electron chi connectivity index (χ2n) is 4.28. The van der Waals surface area contributed by atoms with Gasteiger partial charge in [0, 0.05) is 18.2 Å². The molecule has 1 atom stereocenters. The zero-order chi connectivity index (χ0) is 13.4. The number of allylic oxidation sites excluding steroid dienone is 1. The molecule has 1 unspecified atom stereocenters. The monoisotopic (exact) mass is 264 g/mol. The van der Waals surface area contributed by atoms with Crippen molar-refractivity contribution in [3.05, 3.63) is 48.0 Å². The van der Waals surface area contributed by atoms with E-state index in [1.807, 2.05) is 37.3 Å². The number of hydrogen-bond acceptors (Lipinski definition) is 3. The molecule has 0 fully saturated rings. The summed E-state index contributed by atoms with van der Waals surface area (Å²) in [4.78, 5) is 22.0. The second kappa shape index (κ2) is 7.13. The largest absolute Gasteiger partial charge is 0.491 e. The van der Waals surface area contributed by atoms with Crippen molar-refractivity contribution in [1.29, 1.82) is 0 Å². The van der Waals surface area contributed by atoms with Crippen molar-refractivity contribution in [2.75, 3.05) is 0 Å². The van der Waals surface area contributed by atoms with E-state index in [1.165, 1.54) is 6.08 Å². The molecule has 1 N–H and O–H groups in total. The van der Waals surface area contributed by atoms with Gasteiger partial charge in [-0.1, -0.05) is 49.8 Å². The molecule has 0 bridgehead atoms. The lowest BCUT2D eigenvalue weighted by Gasteiger charge is -2.23. The molecule has 0 radical (unpaired) electrons. The van der Waals surface area contributed by atoms with Crippen LogP contribution in [0, 0.1) is 0 Å². The Kier molecular flexibility index (Phi) is 5.81. The van der Waals surface area contributed by atoms with Gasteiger partial charge >= 0.3 is 14.5 Å². The van der Waals surface area contributed by atoms with E-state index >= 15 is 0 Å². The van der Waals surface area contributed by atoms with Gasteiger partial charge in [0.15, 0.2) is 0 Å². The lowest BCUT2D eigenvalue weighted by molar-refractivity contribution is -0.131. The summed E-state index contributed by atoms with van der Waals surface area (Å²) in [5, 5.41) is 0. The number of carbonyl (C=O) groups excluding carboxylic acids is 1. The Morgan fingerprint density at radius 3 is 2.61 bits per heavy atom. The van der Waals surface area contributed by atoms with E-state index in [1.54, 1.807) is 13.0 Å². The van der Waals surface area contributed by atoms with Gasteiger partial charge in [-0.2, -0.15) is 0 Å². The SMILES string of the molecule is CC=CC(=O)O[Si](O)(CCC)Cc1ccccc1. The molecule has 0 aliphatic heterocycles. The van der Waals surface area contributed by atoms with Gasteiger partial charge in [0.1, 0.15) is 0 Å². The molecule has 0 aromatic heterocycles. The first-order chi connectivity index (χ1) is 8.59. The zero-order valence-corrected chi connectivity index (χ0v) is 11.9. The minimum atomic E-state index is -2.99. The van der Waals surface area contributed by atoms with Gasteiger partial charge < -0.3 is 9.22 Å². The van der Waals surface area contributed by atoms with E-state index in [9.17, 15) is 9.59 Å². The molecule has 0 saturated heterocycles. The maximum absolute atomic E-state index is 11.5. The number of hydrogen-bond donors (Lipinski definition) is 1. The van der Waals surface area contributed by atoms with Crippen molar-refractivity contribution in [3.8, 4) is 0 Å². The molecule has 1 rings (SSSR count). The zero-order valence-electron chi connectivity index (χ0n) is 10.9. The summed E-state index contributed by atoms with van der Waals surface area (Å²) in [6.07, 6.45) is 3.77. The Morgan fingerprint density at radius 2 is 2.06 bits per heavy atom. The highest BCUT2D eigenvalue weighted by atomic mass is 28.4. The van der Waals surface area contributed by atoms with Gasteiger partial charge in [0.25, 0.3) is 0 Å². The van der Waals surface area contributed by atoms with Gasteiger partial charge in [-0.05, 0) is 12.5 Å². The molecule has 4 heteroatoms. The summed E-state index contributed by atoms with van der Waals surface area (Å²) in [5.74, 6) is -0.448. The van der Waals surface area contributed by atoms with Gasteiger partial charge in [-0.3, -0.25) is 0 Å². The van der Waals surface area contributed by atoms with E-state index < -0.39 is 14.5 Å². The van der Waals surface area contributed by atoms with Crippen LogP contribution in [0.3, 0.4) is 0 Å². The van der Waals surface area contributed by atoms with E-state index in [-0.39, 0.29) is 0 Å². The van der Waals surface area contributed by atoms with Crippen LogP contribution in [0.25, 0.3) is 0 Å². The van der Waals surface area contributed by atoms with Crippen molar-refractivity contribution in [2.45, 2.75) is 32.4 Å². The summed E-state index contributed by atoms with van der Waals surface area (Å²) in [7, 11) is -2.99. The van der Waals surface area contributed by atoms with Crippen molar-refractivity contribution >= 4 is 14.5 Å². The average molecular weight is 264 g/mol. The molecule has 18 heavy (non-hydrogen) atoms. The molecule has 0 aliphatic rings. The van der Waals surface area contributed by atoms with Crippen LogP contribution in [0.2, 0.25) is 6.04 Å². The smallest absolute Gasteiger partial charge is 0.403 e. The van der Waals surface area contributed by atoms with Gasteiger partial charge in [-0.15, -0.1) is 0 Å². The average Bonchev–Trinajstić information content (AvgIpc) is 2.30. The van der Waals surface area contributed by atoms with E-state index in [2.05, 4.69) is 0 Å². The fraction of sp³-hybridized carbons (Fsp3) is 0.357. The van der Waals surface area contributed by atoms with Crippen molar-refractivity contribution in [2.24, 2.45) is 0 Å². The third kappa shape index (κ3) is 4.85. The Hall–Kier alpha value is -1.39. The molecular weight excluding hydrogens is 244 g/mol. The molecule has 3 nitrogen and oxygen atoms in total. The summed E-state index contributed by atoms with van der Waals surface area (Å²) >= 11 is 0. The quantitative estimate of drug-likeness (QED) is 0.635. The van der Waals surface area contributed by atoms with E-state index in [4.69, 9.17) is 4.43 Å². The third-order valence-corrected chi connectivity index (χ3v) is 5.38. The van der Waals surface area contributed by atoms with Crippen LogP contribution in [0.15, 0.2) is 42.5 Å². The fourth-order valence-corrected chi connectivity index (χ4v) is 4.29. The third-order valence-electron chi connectivity index (χ3n) is 2.56. The van der Waals surface area contributed by atoms with Crippen LogP contribution in [0.5, 0.6) is 0 Å². The van der Waals surface area contributed by atoms with Crippen LogP contribution in [-0.4, -0.2) is 19.3 Å². The van der Waals surface area contributed by atoms with Gasteiger partial charge in [-0.25, -0.2) is 4.79 Å². The maximum atomic E-state index is 11.5. The number of carbonyl (C=O) groups is 1. The highest BCUT2D eigenvalue weighted by molar-refractivity contribution is 6.67. The Balaban J connectivity index is 2.76. The minimum Gasteiger partial charge on any atom is -0.491 e. The Labute approximate surface area is 109 Å². The van der Waals surface area contributed by atoms with Crippen molar-refractivity contribution < 1.29 is 14.0 Å². The molecule has 0 aliphatic carbocycles. The molecule has 0 heterocycles. The van der Waals surface area contributed by atoms with Crippen LogP contribution in [0.1, 0.15) is 25.8 Å². The molecule has 1 aromatic rings. The van der Waals surface area contributed by atoms with Crippen molar-refractivity contribution in [3.63, 3.8) is 0 Å². The molecular formula is C14H20O3Si. The fourth-order valence-electron chi connectivity index (χ4n) is 1.84. The summed E-state index contributed by atoms with van der Waals surface area (Å²) in [5.41, 5.74) is 1.01. The first kappa shape index (κ1) is 14.7. The summed E-state index contributed by atoms with van der Waals surface area (Å²) < 4.78 is 5.29. The van der Waals surface area contributed by atoms with Gasteiger partial charge in [0.05, 0.1) is 0 Å². The van der Waals surface area contributed by atoms with Crippen LogP contribution in [0.4, 0.5) is 0 Å². The van der Waals surface area contributed by atoms with E-state index in [0.717, 1.165) is 12.0 Å². The highest BCUT2D eigenvalue weighted by Crippen LogP contribution is 2.17. The second-order valence-corrected chi connectivity index (χ2v) is 7.23. The molecule has 98 valence electrons. The predicted molar refractivity (Wildman–Crippen MR) is 74.1 cm³/mol. The minimum absolute atomic E-state index is 0.448.